The molecule has 158 valence electrons. The van der Waals surface area contributed by atoms with Crippen LogP contribution in [-0.2, 0) is 4.79 Å². The van der Waals surface area contributed by atoms with Gasteiger partial charge < -0.3 is 25.8 Å². The van der Waals surface area contributed by atoms with E-state index in [9.17, 15) is 18.0 Å². The number of halogens is 4. The molecule has 0 heterocycles. The first-order valence-electron chi connectivity index (χ1n) is 8.15. The van der Waals surface area contributed by atoms with Crippen LogP contribution in [0.3, 0.4) is 0 Å². The second-order valence-electron chi connectivity index (χ2n) is 5.49. The Morgan fingerprint density at radius 3 is 2.55 bits per heavy atom. The molecule has 0 aliphatic carbocycles. The number of hydrogen-bond donors (Lipinski definition) is 3. The van der Waals surface area contributed by atoms with Gasteiger partial charge in [0.25, 0.3) is 0 Å². The van der Waals surface area contributed by atoms with E-state index in [-0.39, 0.29) is 54.7 Å². The van der Waals surface area contributed by atoms with Crippen LogP contribution in [0.2, 0.25) is 0 Å². The number of nitrogens with two attached hydrogens (primary N) is 1. The largest absolute Gasteiger partial charge is 0.573 e. The van der Waals surface area contributed by atoms with E-state index in [1.165, 1.54) is 25.1 Å². The number of nitrogens with one attached hydrogen (secondary N) is 2. The van der Waals surface area contributed by atoms with Gasteiger partial charge in [-0.1, -0.05) is 18.2 Å². The molecule has 0 bridgehead atoms. The van der Waals surface area contributed by atoms with Crippen LogP contribution >= 0.6 is 24.0 Å². The Balaban J connectivity index is 0.00000420. The highest BCUT2D eigenvalue weighted by atomic mass is 127. The van der Waals surface area contributed by atoms with Crippen molar-refractivity contribution in [2.45, 2.75) is 13.3 Å². The minimum Gasteiger partial charge on any atom is -0.492 e. The summed E-state index contributed by atoms with van der Waals surface area (Å²) in [6.07, 6.45) is -4.82. The molecular weight excluding hydrogens is 504 g/mol. The summed E-state index contributed by atoms with van der Waals surface area (Å²) in [7, 11) is 0. The summed E-state index contributed by atoms with van der Waals surface area (Å²) >= 11 is 0. The quantitative estimate of drug-likeness (QED) is 0.221. The number of hydrogen-bond acceptors (Lipinski definition) is 4. The molecule has 4 N–H and O–H groups in total. The fraction of sp³-hybridized carbons (Fsp3) is 0.222. The van der Waals surface area contributed by atoms with Gasteiger partial charge in [0, 0.05) is 18.7 Å². The summed E-state index contributed by atoms with van der Waals surface area (Å²) < 4.78 is 46.7. The van der Waals surface area contributed by atoms with Crippen LogP contribution in [0.15, 0.2) is 53.5 Å². The monoisotopic (exact) mass is 524 g/mol. The van der Waals surface area contributed by atoms with Gasteiger partial charge in [-0.25, -0.2) is 4.99 Å². The van der Waals surface area contributed by atoms with Crippen molar-refractivity contribution in [2.24, 2.45) is 10.7 Å². The Kier molecular flexibility index (Phi) is 9.51. The topological polar surface area (TPSA) is 98.0 Å². The van der Waals surface area contributed by atoms with Crippen LogP contribution in [0.5, 0.6) is 11.5 Å². The van der Waals surface area contributed by atoms with E-state index in [0.29, 0.717) is 11.4 Å². The van der Waals surface area contributed by atoms with Gasteiger partial charge in [-0.05, 0) is 24.3 Å². The van der Waals surface area contributed by atoms with Crippen molar-refractivity contribution in [3.05, 3.63) is 48.5 Å². The van der Waals surface area contributed by atoms with Crippen molar-refractivity contribution in [1.29, 1.82) is 0 Å². The minimum atomic E-state index is -4.82. The molecule has 0 radical (unpaired) electrons. The highest BCUT2D eigenvalue weighted by Crippen LogP contribution is 2.29. The van der Waals surface area contributed by atoms with Gasteiger partial charge in [-0.15, -0.1) is 37.1 Å². The third kappa shape index (κ3) is 9.36. The molecule has 2 aromatic rings. The van der Waals surface area contributed by atoms with E-state index in [0.717, 1.165) is 6.07 Å². The highest BCUT2D eigenvalue weighted by molar-refractivity contribution is 14.0. The Hall–Kier alpha value is -2.70. The third-order valence-corrected chi connectivity index (χ3v) is 3.17. The maximum Gasteiger partial charge on any atom is 0.573 e. The van der Waals surface area contributed by atoms with Crippen molar-refractivity contribution in [2.75, 3.05) is 23.8 Å². The average molecular weight is 524 g/mol. The number of benzene rings is 2. The Morgan fingerprint density at radius 1 is 1.14 bits per heavy atom. The van der Waals surface area contributed by atoms with E-state index < -0.39 is 12.1 Å². The van der Waals surface area contributed by atoms with Crippen molar-refractivity contribution < 1.29 is 27.4 Å². The van der Waals surface area contributed by atoms with E-state index >= 15 is 0 Å². The van der Waals surface area contributed by atoms with Gasteiger partial charge >= 0.3 is 6.36 Å². The van der Waals surface area contributed by atoms with Crippen molar-refractivity contribution in [3.63, 3.8) is 0 Å². The normalized spacial score (nSPS) is 11.2. The van der Waals surface area contributed by atoms with Crippen LogP contribution < -0.4 is 25.8 Å². The van der Waals surface area contributed by atoms with Crippen molar-refractivity contribution >= 4 is 47.2 Å². The van der Waals surface area contributed by atoms with Gasteiger partial charge in [0.15, 0.2) is 11.7 Å². The molecule has 0 aromatic heterocycles. The van der Waals surface area contributed by atoms with Crippen molar-refractivity contribution in [1.82, 2.24) is 0 Å². The molecule has 29 heavy (non-hydrogen) atoms. The number of alkyl halides is 3. The molecule has 0 fully saturated rings. The summed E-state index contributed by atoms with van der Waals surface area (Å²) in [6, 6.07) is 12.3. The first-order chi connectivity index (χ1) is 13.2. The molecule has 11 heteroatoms. The zero-order chi connectivity index (χ0) is 20.6. The number of nitrogens with zero attached hydrogens (tertiary/aromatic N) is 1. The zero-order valence-electron chi connectivity index (χ0n) is 15.3. The molecule has 0 atom stereocenters. The molecule has 0 saturated carbocycles. The molecule has 0 aliphatic rings. The highest BCUT2D eigenvalue weighted by Gasteiger charge is 2.32. The zero-order valence-corrected chi connectivity index (χ0v) is 17.7. The van der Waals surface area contributed by atoms with Gasteiger partial charge in [0.2, 0.25) is 5.91 Å². The fourth-order valence-corrected chi connectivity index (χ4v) is 2.16. The lowest BCUT2D eigenvalue weighted by atomic mass is 10.3. The Morgan fingerprint density at radius 2 is 1.86 bits per heavy atom. The maximum absolute atomic E-state index is 12.4. The molecular formula is C18H20F3IN4O3. The lowest BCUT2D eigenvalue weighted by Gasteiger charge is -2.14. The number of carbonyl (C=O) groups is 1. The molecule has 0 aliphatic heterocycles. The Labute approximate surface area is 182 Å². The molecule has 1 amide bonds. The van der Waals surface area contributed by atoms with Gasteiger partial charge in [0.1, 0.15) is 12.4 Å². The minimum absolute atomic E-state index is 0. The van der Waals surface area contributed by atoms with E-state index in [4.69, 9.17) is 10.5 Å². The van der Waals surface area contributed by atoms with E-state index in [1.807, 2.05) is 0 Å². The fourth-order valence-electron chi connectivity index (χ4n) is 2.16. The predicted octanol–water partition coefficient (Wildman–Crippen LogP) is 3.97. The number of para-hydroxylation sites is 2. The first-order valence-corrected chi connectivity index (χ1v) is 8.15. The molecule has 2 rings (SSSR count). The van der Waals surface area contributed by atoms with Crippen LogP contribution in [0.25, 0.3) is 0 Å². The number of ether oxygens (including phenoxy) is 2. The second kappa shape index (κ2) is 11.3. The number of guanidine groups is 1. The van der Waals surface area contributed by atoms with Crippen LogP contribution in [-0.4, -0.2) is 31.4 Å². The summed E-state index contributed by atoms with van der Waals surface area (Å²) in [4.78, 5) is 15.0. The molecule has 7 nitrogen and oxygen atoms in total. The number of amides is 1. The van der Waals surface area contributed by atoms with Gasteiger partial charge in [-0.2, -0.15) is 0 Å². The van der Waals surface area contributed by atoms with E-state index in [2.05, 4.69) is 20.4 Å². The second-order valence-corrected chi connectivity index (χ2v) is 5.49. The number of rotatable bonds is 7. The smallest absolute Gasteiger partial charge is 0.492 e. The van der Waals surface area contributed by atoms with Crippen LogP contribution in [0, 0.1) is 0 Å². The summed E-state index contributed by atoms with van der Waals surface area (Å²) in [5.41, 5.74) is 6.32. The number of anilines is 2. The summed E-state index contributed by atoms with van der Waals surface area (Å²) in [5, 5.41) is 5.20. The van der Waals surface area contributed by atoms with Crippen LogP contribution in [0.1, 0.15) is 6.92 Å². The first kappa shape index (κ1) is 24.3. The van der Waals surface area contributed by atoms with Crippen molar-refractivity contribution in [3.8, 4) is 11.5 Å². The summed E-state index contributed by atoms with van der Waals surface area (Å²) in [6.45, 7) is 1.73. The van der Waals surface area contributed by atoms with E-state index in [1.54, 1.807) is 24.3 Å². The molecule has 0 saturated heterocycles. The molecule has 0 spiro atoms. The van der Waals surface area contributed by atoms with Crippen LogP contribution in [0.4, 0.5) is 24.5 Å². The van der Waals surface area contributed by atoms with Gasteiger partial charge in [-0.3, -0.25) is 4.79 Å². The maximum atomic E-state index is 12.4. The Bertz CT molecular complexity index is 847. The lowest BCUT2D eigenvalue weighted by molar-refractivity contribution is -0.274. The summed E-state index contributed by atoms with van der Waals surface area (Å²) in [5.74, 6) is -0.180. The number of carbonyl (C=O) groups excluding carboxylic acids is 1. The lowest BCUT2D eigenvalue weighted by Crippen LogP contribution is -2.25. The van der Waals surface area contributed by atoms with Gasteiger partial charge in [0.05, 0.1) is 12.2 Å². The molecule has 0 unspecified atom stereocenters. The third-order valence-electron chi connectivity index (χ3n) is 3.17. The SMILES string of the molecule is CC(=O)Nc1cccc(OCCN=C(N)Nc2ccccc2OC(F)(F)F)c1.I. The standard InChI is InChI=1S/C18H19F3N4O3.HI/c1-12(26)24-13-5-4-6-14(11-13)27-10-9-23-17(22)25-15-7-2-3-8-16(15)28-18(19,20)21;/h2-8,11H,9-10H2,1H3,(H,24,26)(H3,22,23,25);1H. The molecule has 2 aromatic carbocycles. The average Bonchev–Trinajstić information content (AvgIpc) is 2.59. The number of aliphatic imine (C=N–C) groups is 1. The predicted molar refractivity (Wildman–Crippen MR) is 115 cm³/mol.